The molecule has 0 amide bonds. The minimum absolute atomic E-state index is 0. The molecule has 1 aromatic rings. The fourth-order valence-electron chi connectivity index (χ4n) is 2.24. The molecule has 0 bridgehead atoms. The quantitative estimate of drug-likeness (QED) is 0.431. The SMILES string of the molecule is CSC(C)CN=C(N)N1CCN(c2ccc(Cl)cc2)CC1.I. The molecule has 1 unspecified atom stereocenters. The molecule has 0 saturated carbocycles. The normalized spacial score (nSPS) is 17.1. The predicted molar refractivity (Wildman–Crippen MR) is 110 cm³/mol. The summed E-state index contributed by atoms with van der Waals surface area (Å²) in [5.41, 5.74) is 7.30. The molecule has 1 aromatic carbocycles. The number of hydrogen-bond acceptors (Lipinski definition) is 3. The highest BCUT2D eigenvalue weighted by Crippen LogP contribution is 2.19. The Labute approximate surface area is 159 Å². The molecule has 0 aliphatic carbocycles. The highest BCUT2D eigenvalue weighted by Gasteiger charge is 2.18. The highest BCUT2D eigenvalue weighted by molar-refractivity contribution is 14.0. The number of nitrogens with zero attached hydrogens (tertiary/aromatic N) is 3. The smallest absolute Gasteiger partial charge is 0.191 e. The van der Waals surface area contributed by atoms with Crippen LogP contribution in [0, 0.1) is 0 Å². The van der Waals surface area contributed by atoms with Gasteiger partial charge in [-0.3, -0.25) is 4.99 Å². The number of halogens is 2. The van der Waals surface area contributed by atoms with Gasteiger partial charge in [-0.25, -0.2) is 0 Å². The van der Waals surface area contributed by atoms with Gasteiger partial charge in [-0.05, 0) is 30.5 Å². The third kappa shape index (κ3) is 5.70. The van der Waals surface area contributed by atoms with Crippen LogP contribution in [0.5, 0.6) is 0 Å². The van der Waals surface area contributed by atoms with E-state index in [0.717, 1.165) is 37.7 Å². The topological polar surface area (TPSA) is 44.9 Å². The number of piperazine rings is 1. The van der Waals surface area contributed by atoms with Crippen LogP contribution in [0.25, 0.3) is 0 Å². The number of hydrogen-bond donors (Lipinski definition) is 1. The van der Waals surface area contributed by atoms with Gasteiger partial charge in [-0.15, -0.1) is 24.0 Å². The van der Waals surface area contributed by atoms with E-state index in [2.05, 4.69) is 40.1 Å². The van der Waals surface area contributed by atoms with Gasteiger partial charge in [-0.1, -0.05) is 18.5 Å². The van der Waals surface area contributed by atoms with Crippen molar-refractivity contribution in [1.29, 1.82) is 0 Å². The first kappa shape index (κ1) is 19.7. The molecule has 1 heterocycles. The van der Waals surface area contributed by atoms with Crippen LogP contribution in [0.3, 0.4) is 0 Å². The van der Waals surface area contributed by atoms with Crippen molar-refractivity contribution in [3.05, 3.63) is 29.3 Å². The standard InChI is InChI=1S/C15H23ClN4S.HI/c1-12(21-2)11-18-15(17)20-9-7-19(8-10-20)14-5-3-13(16)4-6-14;/h3-6,12H,7-11H2,1-2H3,(H2,17,18);1H. The average molecular weight is 455 g/mol. The number of anilines is 1. The molecule has 7 heteroatoms. The first-order chi connectivity index (χ1) is 10.1. The molecule has 4 nitrogen and oxygen atoms in total. The zero-order valence-electron chi connectivity index (χ0n) is 13.0. The van der Waals surface area contributed by atoms with Gasteiger partial charge in [0, 0.05) is 42.1 Å². The van der Waals surface area contributed by atoms with Crippen LogP contribution in [0.2, 0.25) is 5.02 Å². The molecule has 1 aliphatic rings. The van der Waals surface area contributed by atoms with Gasteiger partial charge in [0.2, 0.25) is 0 Å². The van der Waals surface area contributed by atoms with Gasteiger partial charge >= 0.3 is 0 Å². The summed E-state index contributed by atoms with van der Waals surface area (Å²) in [6.45, 7) is 6.67. The van der Waals surface area contributed by atoms with Crippen LogP contribution in [0.1, 0.15) is 6.92 Å². The Kier molecular flexibility index (Phi) is 8.71. The minimum atomic E-state index is 0. The Hall–Kier alpha value is -0.340. The van der Waals surface area contributed by atoms with E-state index in [-0.39, 0.29) is 24.0 Å². The van der Waals surface area contributed by atoms with Crippen molar-refractivity contribution in [3.63, 3.8) is 0 Å². The number of aliphatic imine (C=N–C) groups is 1. The second-order valence-electron chi connectivity index (χ2n) is 5.20. The molecule has 2 rings (SSSR count). The van der Waals surface area contributed by atoms with Crippen LogP contribution < -0.4 is 10.6 Å². The van der Waals surface area contributed by atoms with E-state index in [9.17, 15) is 0 Å². The Balaban J connectivity index is 0.00000242. The molecule has 0 radical (unpaired) electrons. The van der Waals surface area contributed by atoms with E-state index in [1.807, 2.05) is 23.9 Å². The summed E-state index contributed by atoms with van der Waals surface area (Å²) < 4.78 is 0. The van der Waals surface area contributed by atoms with Crippen LogP contribution in [0.15, 0.2) is 29.3 Å². The molecular formula is C15H24ClIN4S. The van der Waals surface area contributed by atoms with Gasteiger partial charge in [-0.2, -0.15) is 11.8 Å². The summed E-state index contributed by atoms with van der Waals surface area (Å²) in [4.78, 5) is 9.01. The number of rotatable bonds is 4. The van der Waals surface area contributed by atoms with Crippen LogP contribution in [-0.2, 0) is 0 Å². The zero-order valence-corrected chi connectivity index (χ0v) is 16.9. The van der Waals surface area contributed by atoms with Gasteiger partial charge in [0.05, 0.1) is 6.54 Å². The zero-order chi connectivity index (χ0) is 15.2. The Morgan fingerprint density at radius 3 is 2.41 bits per heavy atom. The Morgan fingerprint density at radius 1 is 1.27 bits per heavy atom. The molecule has 1 fully saturated rings. The molecule has 1 aliphatic heterocycles. The summed E-state index contributed by atoms with van der Waals surface area (Å²) >= 11 is 7.74. The van der Waals surface area contributed by atoms with Crippen molar-refractivity contribution in [2.75, 3.05) is 43.9 Å². The molecule has 0 aromatic heterocycles. The number of benzene rings is 1. The fourth-order valence-corrected chi connectivity index (χ4v) is 2.59. The fraction of sp³-hybridized carbons (Fsp3) is 0.533. The first-order valence-electron chi connectivity index (χ1n) is 7.18. The lowest BCUT2D eigenvalue weighted by Gasteiger charge is -2.36. The maximum absolute atomic E-state index is 6.09. The van der Waals surface area contributed by atoms with Crippen molar-refractivity contribution in [2.45, 2.75) is 12.2 Å². The Bertz CT molecular complexity index is 475. The maximum Gasteiger partial charge on any atom is 0.191 e. The van der Waals surface area contributed by atoms with E-state index in [1.54, 1.807) is 0 Å². The minimum Gasteiger partial charge on any atom is -0.370 e. The number of thioether (sulfide) groups is 1. The third-order valence-corrected chi connectivity index (χ3v) is 4.91. The molecule has 1 atom stereocenters. The number of nitrogens with two attached hydrogens (primary N) is 1. The van der Waals surface area contributed by atoms with Crippen molar-refractivity contribution in [3.8, 4) is 0 Å². The molecule has 124 valence electrons. The van der Waals surface area contributed by atoms with E-state index in [0.29, 0.717) is 11.2 Å². The van der Waals surface area contributed by atoms with E-state index < -0.39 is 0 Å². The first-order valence-corrected chi connectivity index (χ1v) is 8.85. The molecule has 1 saturated heterocycles. The summed E-state index contributed by atoms with van der Waals surface area (Å²) in [7, 11) is 0. The summed E-state index contributed by atoms with van der Waals surface area (Å²) in [5.74, 6) is 0.673. The third-order valence-electron chi connectivity index (χ3n) is 3.71. The van der Waals surface area contributed by atoms with Crippen LogP contribution in [-0.4, -0.2) is 55.1 Å². The predicted octanol–water partition coefficient (Wildman–Crippen LogP) is 3.15. The van der Waals surface area contributed by atoms with Crippen molar-refractivity contribution in [2.24, 2.45) is 10.7 Å². The molecule has 22 heavy (non-hydrogen) atoms. The monoisotopic (exact) mass is 454 g/mol. The van der Waals surface area contributed by atoms with Crippen molar-refractivity contribution in [1.82, 2.24) is 4.90 Å². The van der Waals surface area contributed by atoms with Crippen molar-refractivity contribution >= 4 is 59.0 Å². The largest absolute Gasteiger partial charge is 0.370 e. The van der Waals surface area contributed by atoms with Gasteiger partial charge in [0.15, 0.2) is 5.96 Å². The maximum atomic E-state index is 6.09. The summed E-state index contributed by atoms with van der Waals surface area (Å²) in [6.07, 6.45) is 2.10. The second-order valence-corrected chi connectivity index (χ2v) is 6.91. The second kappa shape index (κ2) is 9.72. The van der Waals surface area contributed by atoms with Crippen molar-refractivity contribution < 1.29 is 0 Å². The molecule has 2 N–H and O–H groups in total. The highest BCUT2D eigenvalue weighted by atomic mass is 127. The molecular weight excluding hydrogens is 431 g/mol. The van der Waals surface area contributed by atoms with E-state index >= 15 is 0 Å². The lowest BCUT2D eigenvalue weighted by Crippen LogP contribution is -2.51. The summed E-state index contributed by atoms with van der Waals surface area (Å²) in [6, 6.07) is 8.00. The molecule has 0 spiro atoms. The van der Waals surface area contributed by atoms with E-state index in [4.69, 9.17) is 17.3 Å². The average Bonchev–Trinajstić information content (AvgIpc) is 2.53. The lowest BCUT2D eigenvalue weighted by atomic mass is 10.2. The lowest BCUT2D eigenvalue weighted by molar-refractivity contribution is 0.381. The van der Waals surface area contributed by atoms with E-state index in [1.165, 1.54) is 5.69 Å². The Morgan fingerprint density at radius 2 is 1.86 bits per heavy atom. The van der Waals surface area contributed by atoms with Gasteiger partial charge in [0.25, 0.3) is 0 Å². The van der Waals surface area contributed by atoms with Gasteiger partial charge < -0.3 is 15.5 Å². The van der Waals surface area contributed by atoms with Crippen LogP contribution in [0.4, 0.5) is 5.69 Å². The summed E-state index contributed by atoms with van der Waals surface area (Å²) in [5, 5.41) is 1.29. The van der Waals surface area contributed by atoms with Gasteiger partial charge in [0.1, 0.15) is 0 Å². The van der Waals surface area contributed by atoms with Crippen LogP contribution >= 0.6 is 47.3 Å². The number of guanidine groups is 1.